The minimum absolute atomic E-state index is 0.157. The van der Waals surface area contributed by atoms with Crippen LogP contribution in [0.2, 0.25) is 0 Å². The number of nitrogens with zero attached hydrogens (tertiary/aromatic N) is 2. The van der Waals surface area contributed by atoms with Gasteiger partial charge in [-0.3, -0.25) is 9.59 Å². The molecule has 3 rings (SSSR count). The summed E-state index contributed by atoms with van der Waals surface area (Å²) in [5.74, 6) is 0.389. The first kappa shape index (κ1) is 16.7. The number of hydrogen-bond donors (Lipinski definition) is 0. The lowest BCUT2D eigenvalue weighted by atomic mass is 9.84. The van der Waals surface area contributed by atoms with Gasteiger partial charge in [-0.2, -0.15) is 0 Å². The van der Waals surface area contributed by atoms with Crippen LogP contribution in [0.3, 0.4) is 0 Å². The third-order valence-corrected chi connectivity index (χ3v) is 5.59. The SMILES string of the molecule is CC(C)CN1CCCN(C(=O)C2CC(=O)OC23CCCC3)CC1. The van der Waals surface area contributed by atoms with Gasteiger partial charge in [-0.15, -0.1) is 0 Å². The number of amides is 1. The van der Waals surface area contributed by atoms with Gasteiger partial charge in [0, 0.05) is 26.2 Å². The van der Waals surface area contributed by atoms with Gasteiger partial charge >= 0.3 is 5.97 Å². The summed E-state index contributed by atoms with van der Waals surface area (Å²) in [5, 5.41) is 0. The van der Waals surface area contributed by atoms with E-state index in [0.717, 1.165) is 64.8 Å². The molecule has 0 aromatic heterocycles. The maximum Gasteiger partial charge on any atom is 0.307 e. The van der Waals surface area contributed by atoms with Crippen molar-refractivity contribution < 1.29 is 14.3 Å². The molecule has 1 spiro atoms. The first-order valence-corrected chi connectivity index (χ1v) is 9.23. The Balaban J connectivity index is 1.64. The number of rotatable bonds is 3. The van der Waals surface area contributed by atoms with Crippen LogP contribution in [0.5, 0.6) is 0 Å². The van der Waals surface area contributed by atoms with Gasteiger partial charge in [0.15, 0.2) is 0 Å². The van der Waals surface area contributed by atoms with E-state index in [9.17, 15) is 9.59 Å². The Morgan fingerprint density at radius 1 is 1.17 bits per heavy atom. The summed E-state index contributed by atoms with van der Waals surface area (Å²) in [6, 6.07) is 0. The molecule has 0 bridgehead atoms. The monoisotopic (exact) mass is 322 g/mol. The van der Waals surface area contributed by atoms with Crippen molar-refractivity contribution in [1.29, 1.82) is 0 Å². The molecule has 5 heteroatoms. The van der Waals surface area contributed by atoms with Crippen LogP contribution < -0.4 is 0 Å². The molecule has 2 saturated heterocycles. The summed E-state index contributed by atoms with van der Waals surface area (Å²) >= 11 is 0. The Morgan fingerprint density at radius 2 is 1.91 bits per heavy atom. The topological polar surface area (TPSA) is 49.9 Å². The maximum absolute atomic E-state index is 13.1. The molecule has 5 nitrogen and oxygen atoms in total. The number of ether oxygens (including phenoxy) is 1. The highest BCUT2D eigenvalue weighted by Gasteiger charge is 2.54. The Hall–Kier alpha value is -1.10. The van der Waals surface area contributed by atoms with Gasteiger partial charge in [-0.05, 0) is 44.6 Å². The quantitative estimate of drug-likeness (QED) is 0.746. The van der Waals surface area contributed by atoms with Crippen LogP contribution in [0.25, 0.3) is 0 Å². The molecular weight excluding hydrogens is 292 g/mol. The third-order valence-electron chi connectivity index (χ3n) is 5.59. The first-order chi connectivity index (χ1) is 11.0. The molecule has 3 fully saturated rings. The minimum atomic E-state index is -0.474. The fourth-order valence-corrected chi connectivity index (χ4v) is 4.54. The second-order valence-electron chi connectivity index (χ2n) is 7.88. The molecule has 0 N–H and O–H groups in total. The van der Waals surface area contributed by atoms with Gasteiger partial charge in [-0.25, -0.2) is 0 Å². The highest BCUT2D eigenvalue weighted by molar-refractivity contribution is 5.88. The number of carbonyl (C=O) groups is 2. The van der Waals surface area contributed by atoms with E-state index >= 15 is 0 Å². The number of hydrogen-bond acceptors (Lipinski definition) is 4. The molecule has 1 atom stereocenters. The molecular formula is C18H30N2O3. The van der Waals surface area contributed by atoms with E-state index in [1.807, 2.05) is 4.90 Å². The molecule has 1 saturated carbocycles. The van der Waals surface area contributed by atoms with Crippen molar-refractivity contribution in [2.45, 2.75) is 58.0 Å². The van der Waals surface area contributed by atoms with Crippen LogP contribution in [0.1, 0.15) is 52.4 Å². The predicted molar refractivity (Wildman–Crippen MR) is 87.9 cm³/mol. The molecule has 3 aliphatic rings. The van der Waals surface area contributed by atoms with E-state index in [-0.39, 0.29) is 24.2 Å². The van der Waals surface area contributed by atoms with Gasteiger partial charge in [0.2, 0.25) is 5.91 Å². The van der Waals surface area contributed by atoms with E-state index in [1.165, 1.54) is 0 Å². The number of esters is 1. The summed E-state index contributed by atoms with van der Waals surface area (Å²) in [7, 11) is 0. The zero-order valence-corrected chi connectivity index (χ0v) is 14.6. The summed E-state index contributed by atoms with van der Waals surface area (Å²) in [4.78, 5) is 29.4. The summed E-state index contributed by atoms with van der Waals surface area (Å²) in [5.41, 5.74) is -0.474. The van der Waals surface area contributed by atoms with Crippen LogP contribution in [0.4, 0.5) is 0 Å². The Kier molecular flexibility index (Phi) is 4.95. The molecule has 0 radical (unpaired) electrons. The lowest BCUT2D eigenvalue weighted by molar-refractivity contribution is -0.151. The Morgan fingerprint density at radius 3 is 2.61 bits per heavy atom. The Bertz CT molecular complexity index is 457. The van der Waals surface area contributed by atoms with Gasteiger partial charge in [0.05, 0.1) is 12.3 Å². The van der Waals surface area contributed by atoms with Crippen LogP contribution >= 0.6 is 0 Å². The first-order valence-electron chi connectivity index (χ1n) is 9.23. The molecule has 130 valence electrons. The van der Waals surface area contributed by atoms with Crippen LogP contribution in [-0.4, -0.2) is 60.0 Å². The predicted octanol–water partition coefficient (Wildman–Crippen LogP) is 2.05. The molecule has 1 unspecified atom stereocenters. The smallest absolute Gasteiger partial charge is 0.307 e. The lowest BCUT2D eigenvalue weighted by Crippen LogP contribution is -2.46. The van der Waals surface area contributed by atoms with E-state index in [1.54, 1.807) is 0 Å². The Labute approximate surface area is 139 Å². The second-order valence-corrected chi connectivity index (χ2v) is 7.88. The van der Waals surface area contributed by atoms with Crippen molar-refractivity contribution in [3.63, 3.8) is 0 Å². The van der Waals surface area contributed by atoms with Gasteiger partial charge in [0.1, 0.15) is 5.60 Å². The summed E-state index contributed by atoms with van der Waals surface area (Å²) in [6.45, 7) is 9.17. The fraction of sp³-hybridized carbons (Fsp3) is 0.889. The van der Waals surface area contributed by atoms with Crippen LogP contribution in [-0.2, 0) is 14.3 Å². The van der Waals surface area contributed by atoms with Gasteiger partial charge < -0.3 is 14.5 Å². The lowest BCUT2D eigenvalue weighted by Gasteiger charge is -2.32. The van der Waals surface area contributed by atoms with Crippen molar-refractivity contribution in [2.75, 3.05) is 32.7 Å². The fourth-order valence-electron chi connectivity index (χ4n) is 4.54. The van der Waals surface area contributed by atoms with Crippen molar-refractivity contribution in [3.8, 4) is 0 Å². The van der Waals surface area contributed by atoms with E-state index < -0.39 is 5.60 Å². The highest BCUT2D eigenvalue weighted by atomic mass is 16.6. The molecule has 2 heterocycles. The van der Waals surface area contributed by atoms with Crippen molar-refractivity contribution in [1.82, 2.24) is 9.80 Å². The highest BCUT2D eigenvalue weighted by Crippen LogP contribution is 2.46. The average molecular weight is 322 g/mol. The maximum atomic E-state index is 13.1. The molecule has 1 amide bonds. The van der Waals surface area contributed by atoms with Crippen molar-refractivity contribution in [2.24, 2.45) is 11.8 Å². The standard InChI is InChI=1S/C18H30N2O3/c1-14(2)13-19-8-5-9-20(11-10-19)17(22)15-12-16(21)23-18(15)6-3-4-7-18/h14-15H,3-13H2,1-2H3. The van der Waals surface area contributed by atoms with Crippen LogP contribution in [0, 0.1) is 11.8 Å². The summed E-state index contributed by atoms with van der Waals surface area (Å²) in [6.07, 6.45) is 5.17. The summed E-state index contributed by atoms with van der Waals surface area (Å²) < 4.78 is 5.64. The van der Waals surface area contributed by atoms with E-state index in [2.05, 4.69) is 18.7 Å². The molecule has 23 heavy (non-hydrogen) atoms. The van der Waals surface area contributed by atoms with Gasteiger partial charge in [-0.1, -0.05) is 13.8 Å². The third kappa shape index (κ3) is 3.54. The van der Waals surface area contributed by atoms with E-state index in [0.29, 0.717) is 5.92 Å². The van der Waals surface area contributed by atoms with Gasteiger partial charge in [0.25, 0.3) is 0 Å². The largest absolute Gasteiger partial charge is 0.458 e. The van der Waals surface area contributed by atoms with Crippen molar-refractivity contribution >= 4 is 11.9 Å². The van der Waals surface area contributed by atoms with E-state index in [4.69, 9.17) is 4.74 Å². The average Bonchev–Trinajstić information content (AvgIpc) is 3.00. The molecule has 0 aromatic rings. The molecule has 2 aliphatic heterocycles. The molecule has 1 aliphatic carbocycles. The van der Waals surface area contributed by atoms with Crippen molar-refractivity contribution in [3.05, 3.63) is 0 Å². The minimum Gasteiger partial charge on any atom is -0.458 e. The zero-order valence-electron chi connectivity index (χ0n) is 14.6. The second kappa shape index (κ2) is 6.80. The number of carbonyl (C=O) groups excluding carboxylic acids is 2. The van der Waals surface area contributed by atoms with Crippen LogP contribution in [0.15, 0.2) is 0 Å². The zero-order chi connectivity index (χ0) is 16.4. The normalized spacial score (nSPS) is 28.4. The molecule has 0 aromatic carbocycles.